The molecule has 0 saturated heterocycles. The van der Waals surface area contributed by atoms with Crippen LogP contribution in [0.1, 0.15) is 27.0 Å². The van der Waals surface area contributed by atoms with Crippen molar-refractivity contribution in [2.45, 2.75) is 31.3 Å². The third-order valence-corrected chi connectivity index (χ3v) is 7.88. The minimum Gasteiger partial charge on any atom is -0.332 e. The zero-order valence-electron chi connectivity index (χ0n) is 18.0. The van der Waals surface area contributed by atoms with Gasteiger partial charge in [-0.1, -0.05) is 54.1 Å². The van der Waals surface area contributed by atoms with Gasteiger partial charge in [0, 0.05) is 19.0 Å². The maximum Gasteiger partial charge on any atom is 0.264 e. The molecule has 0 N–H and O–H groups in total. The van der Waals surface area contributed by atoms with Crippen molar-refractivity contribution in [3.05, 3.63) is 95.1 Å². The third-order valence-electron chi connectivity index (χ3n) is 5.64. The SMILES string of the molecule is Cc1ccc(S(=O)(=O)N2c3cc(C)ccc3C(=O)N(Cc3ccccc3)C[C@@H]2CCl)cc1. The number of nitrogens with zero attached hydrogens (tertiary/aromatic N) is 2. The average Bonchev–Trinajstić information content (AvgIpc) is 2.89. The molecule has 1 heterocycles. The number of fused-ring (bicyclic) bond motifs is 1. The number of aryl methyl sites for hydroxylation is 2. The zero-order chi connectivity index (χ0) is 22.9. The van der Waals surface area contributed by atoms with E-state index in [-0.39, 0.29) is 23.2 Å². The molecule has 0 saturated carbocycles. The minimum atomic E-state index is -3.94. The van der Waals surface area contributed by atoms with Crippen LogP contribution in [-0.4, -0.2) is 37.7 Å². The molecule has 0 bridgehead atoms. The van der Waals surface area contributed by atoms with E-state index in [0.29, 0.717) is 17.8 Å². The summed E-state index contributed by atoms with van der Waals surface area (Å²) in [6.45, 7) is 4.35. The molecule has 1 atom stereocenters. The molecule has 3 aromatic carbocycles. The predicted molar refractivity (Wildman–Crippen MR) is 128 cm³/mol. The Labute approximate surface area is 194 Å². The monoisotopic (exact) mass is 468 g/mol. The van der Waals surface area contributed by atoms with E-state index < -0.39 is 16.1 Å². The highest BCUT2D eigenvalue weighted by Gasteiger charge is 2.39. The van der Waals surface area contributed by atoms with Crippen LogP contribution in [0.25, 0.3) is 0 Å². The number of halogens is 1. The topological polar surface area (TPSA) is 57.7 Å². The molecule has 0 spiro atoms. The molecule has 3 aromatic rings. The smallest absolute Gasteiger partial charge is 0.264 e. The molecule has 5 nitrogen and oxygen atoms in total. The van der Waals surface area contributed by atoms with Crippen LogP contribution in [0, 0.1) is 13.8 Å². The molecule has 1 aliphatic heterocycles. The van der Waals surface area contributed by atoms with E-state index in [0.717, 1.165) is 16.7 Å². The Morgan fingerprint density at radius 1 is 0.938 bits per heavy atom. The molecular formula is C25H25ClN2O3S. The first-order valence-corrected chi connectivity index (χ1v) is 12.4. The Kier molecular flexibility index (Phi) is 6.26. The number of sulfonamides is 1. The molecule has 0 unspecified atom stereocenters. The van der Waals surface area contributed by atoms with Gasteiger partial charge in [0.1, 0.15) is 0 Å². The van der Waals surface area contributed by atoms with Crippen molar-refractivity contribution >= 4 is 33.2 Å². The average molecular weight is 469 g/mol. The summed E-state index contributed by atoms with van der Waals surface area (Å²) in [6.07, 6.45) is 0. The van der Waals surface area contributed by atoms with Crippen LogP contribution in [-0.2, 0) is 16.6 Å². The fourth-order valence-corrected chi connectivity index (χ4v) is 5.95. The third kappa shape index (κ3) is 4.25. The summed E-state index contributed by atoms with van der Waals surface area (Å²) in [4.78, 5) is 15.4. The van der Waals surface area contributed by atoms with Gasteiger partial charge in [0.05, 0.1) is 22.2 Å². The van der Waals surface area contributed by atoms with Crippen molar-refractivity contribution < 1.29 is 13.2 Å². The summed E-state index contributed by atoms with van der Waals surface area (Å²) >= 11 is 6.34. The first-order valence-electron chi connectivity index (χ1n) is 10.4. The van der Waals surface area contributed by atoms with Crippen molar-refractivity contribution in [1.82, 2.24) is 4.90 Å². The van der Waals surface area contributed by atoms with E-state index in [4.69, 9.17) is 11.6 Å². The minimum absolute atomic E-state index is 0.0526. The summed E-state index contributed by atoms with van der Waals surface area (Å²) in [5, 5.41) is 0. The van der Waals surface area contributed by atoms with E-state index in [1.54, 1.807) is 41.3 Å². The Balaban J connectivity index is 1.85. The van der Waals surface area contributed by atoms with Gasteiger partial charge < -0.3 is 4.90 Å². The van der Waals surface area contributed by atoms with Gasteiger partial charge in [-0.3, -0.25) is 9.10 Å². The lowest BCUT2D eigenvalue weighted by molar-refractivity contribution is 0.0744. The number of anilines is 1. The van der Waals surface area contributed by atoms with Crippen LogP contribution in [0.5, 0.6) is 0 Å². The van der Waals surface area contributed by atoms with E-state index in [9.17, 15) is 13.2 Å². The molecule has 0 fully saturated rings. The Bertz CT molecular complexity index is 1230. The van der Waals surface area contributed by atoms with Crippen LogP contribution in [0.2, 0.25) is 0 Å². The molecule has 32 heavy (non-hydrogen) atoms. The number of rotatable bonds is 5. The van der Waals surface area contributed by atoms with Gasteiger partial charge in [0.25, 0.3) is 15.9 Å². The number of hydrogen-bond donors (Lipinski definition) is 0. The fourth-order valence-electron chi connectivity index (χ4n) is 3.98. The molecule has 4 rings (SSSR count). The van der Waals surface area contributed by atoms with Crippen LogP contribution in [0.15, 0.2) is 77.7 Å². The number of amides is 1. The molecule has 1 aliphatic rings. The van der Waals surface area contributed by atoms with Crippen LogP contribution >= 0.6 is 11.6 Å². The van der Waals surface area contributed by atoms with Gasteiger partial charge in [0.2, 0.25) is 0 Å². The quantitative estimate of drug-likeness (QED) is 0.507. The predicted octanol–water partition coefficient (Wildman–Crippen LogP) is 4.76. The van der Waals surface area contributed by atoms with E-state index in [2.05, 4.69) is 0 Å². The van der Waals surface area contributed by atoms with Gasteiger partial charge in [-0.2, -0.15) is 0 Å². The fraction of sp³-hybridized carbons (Fsp3) is 0.240. The molecule has 7 heteroatoms. The maximum absolute atomic E-state index is 13.8. The second-order valence-electron chi connectivity index (χ2n) is 8.11. The highest BCUT2D eigenvalue weighted by Crippen LogP contribution is 2.35. The lowest BCUT2D eigenvalue weighted by Gasteiger charge is -2.32. The van der Waals surface area contributed by atoms with E-state index in [1.165, 1.54) is 4.31 Å². The van der Waals surface area contributed by atoms with Gasteiger partial charge in [-0.05, 0) is 49.2 Å². The standard InChI is InChI=1S/C25H25ClN2O3S/c1-18-8-11-22(12-9-18)32(30,31)28-21(15-26)17-27(16-20-6-4-3-5-7-20)25(29)23-13-10-19(2)14-24(23)28/h3-14,21H,15-17H2,1-2H3/t21-/m0/s1. The number of benzene rings is 3. The highest BCUT2D eigenvalue weighted by molar-refractivity contribution is 7.92. The zero-order valence-corrected chi connectivity index (χ0v) is 19.6. The van der Waals surface area contributed by atoms with Crippen molar-refractivity contribution in [2.24, 2.45) is 0 Å². The summed E-state index contributed by atoms with van der Waals surface area (Å²) in [6, 6.07) is 21.1. The number of carbonyl (C=O) groups excluding carboxylic acids is 1. The first kappa shape index (κ1) is 22.4. The van der Waals surface area contributed by atoms with Crippen LogP contribution in [0.4, 0.5) is 5.69 Å². The van der Waals surface area contributed by atoms with Crippen molar-refractivity contribution in [1.29, 1.82) is 0 Å². The van der Waals surface area contributed by atoms with Crippen LogP contribution in [0.3, 0.4) is 0 Å². The van der Waals surface area contributed by atoms with Crippen molar-refractivity contribution in [3.63, 3.8) is 0 Å². The normalized spacial score (nSPS) is 16.6. The summed E-state index contributed by atoms with van der Waals surface area (Å²) < 4.78 is 29.0. The second-order valence-corrected chi connectivity index (χ2v) is 10.2. The molecule has 166 valence electrons. The Morgan fingerprint density at radius 3 is 2.25 bits per heavy atom. The molecule has 0 aliphatic carbocycles. The largest absolute Gasteiger partial charge is 0.332 e. The molecular weight excluding hydrogens is 444 g/mol. The Morgan fingerprint density at radius 2 is 1.59 bits per heavy atom. The second kappa shape index (κ2) is 8.96. The summed E-state index contributed by atoms with van der Waals surface area (Å²) in [5.41, 5.74) is 3.53. The number of carbonyl (C=O) groups is 1. The first-order chi connectivity index (χ1) is 15.3. The van der Waals surface area contributed by atoms with Crippen LogP contribution < -0.4 is 4.31 Å². The Hall–Kier alpha value is -2.83. The van der Waals surface area contributed by atoms with Crippen molar-refractivity contribution in [2.75, 3.05) is 16.7 Å². The summed E-state index contributed by atoms with van der Waals surface area (Å²) in [7, 11) is -3.94. The number of hydrogen-bond acceptors (Lipinski definition) is 3. The van der Waals surface area contributed by atoms with Gasteiger partial charge >= 0.3 is 0 Å². The lowest BCUT2D eigenvalue weighted by Crippen LogP contribution is -2.47. The molecule has 1 amide bonds. The lowest BCUT2D eigenvalue weighted by atomic mass is 10.1. The highest BCUT2D eigenvalue weighted by atomic mass is 35.5. The van der Waals surface area contributed by atoms with Crippen molar-refractivity contribution in [3.8, 4) is 0 Å². The maximum atomic E-state index is 13.8. The van der Waals surface area contributed by atoms with E-state index >= 15 is 0 Å². The van der Waals surface area contributed by atoms with E-state index in [1.807, 2.05) is 50.2 Å². The number of alkyl halides is 1. The summed E-state index contributed by atoms with van der Waals surface area (Å²) in [5.74, 6) is -0.155. The van der Waals surface area contributed by atoms with Gasteiger partial charge in [-0.25, -0.2) is 8.42 Å². The molecule has 0 aromatic heterocycles. The molecule has 0 radical (unpaired) electrons. The van der Waals surface area contributed by atoms with Gasteiger partial charge in [0.15, 0.2) is 0 Å². The van der Waals surface area contributed by atoms with Gasteiger partial charge in [-0.15, -0.1) is 11.6 Å².